The maximum Gasteiger partial charge on any atom is 0.303 e. The lowest BCUT2D eigenvalue weighted by Gasteiger charge is -2.06. The minimum Gasteiger partial charge on any atom is -0.481 e. The van der Waals surface area contributed by atoms with Crippen LogP contribution in [0, 0.1) is 0 Å². The van der Waals surface area contributed by atoms with Gasteiger partial charge in [-0.25, -0.2) is 9.97 Å². The Morgan fingerprint density at radius 1 is 1.16 bits per heavy atom. The molecule has 98 valence electrons. The fraction of sp³-hybridized carbons (Fsp3) is 0.154. The zero-order chi connectivity index (χ0) is 13.7. The standard InChI is InChI=1S/C13H14N4O2/c14-13-15-7-11(8-16-13)17-10-4-1-9(2-5-10)3-6-12(18)19/h1-2,4-5,7-8,17H,3,6H2,(H,18,19)(H2,14,15,16). The van der Waals surface area contributed by atoms with Crippen LogP contribution in [0.4, 0.5) is 17.3 Å². The van der Waals surface area contributed by atoms with Crippen LogP contribution in [0.15, 0.2) is 36.7 Å². The Labute approximate surface area is 110 Å². The van der Waals surface area contributed by atoms with Gasteiger partial charge >= 0.3 is 5.97 Å². The van der Waals surface area contributed by atoms with E-state index in [2.05, 4.69) is 15.3 Å². The molecule has 1 aromatic heterocycles. The third-order valence-electron chi connectivity index (χ3n) is 2.54. The Hall–Kier alpha value is -2.63. The van der Waals surface area contributed by atoms with Gasteiger partial charge in [0, 0.05) is 12.1 Å². The molecule has 6 nitrogen and oxygen atoms in total. The van der Waals surface area contributed by atoms with Crippen LogP contribution < -0.4 is 11.1 Å². The molecule has 0 fully saturated rings. The number of rotatable bonds is 5. The number of carbonyl (C=O) groups is 1. The van der Waals surface area contributed by atoms with Gasteiger partial charge in [0.25, 0.3) is 0 Å². The van der Waals surface area contributed by atoms with E-state index in [1.54, 1.807) is 12.4 Å². The van der Waals surface area contributed by atoms with Crippen molar-refractivity contribution >= 4 is 23.3 Å². The number of carboxylic acids is 1. The summed E-state index contributed by atoms with van der Waals surface area (Å²) in [4.78, 5) is 18.2. The van der Waals surface area contributed by atoms with Crippen molar-refractivity contribution < 1.29 is 9.90 Å². The molecule has 0 saturated carbocycles. The van der Waals surface area contributed by atoms with Crippen LogP contribution in [0.5, 0.6) is 0 Å². The summed E-state index contributed by atoms with van der Waals surface area (Å²) < 4.78 is 0. The minimum absolute atomic E-state index is 0.137. The fourth-order valence-corrected chi connectivity index (χ4v) is 1.58. The van der Waals surface area contributed by atoms with Crippen LogP contribution in [0.3, 0.4) is 0 Å². The molecule has 0 aliphatic carbocycles. The van der Waals surface area contributed by atoms with Crippen molar-refractivity contribution in [3.05, 3.63) is 42.2 Å². The van der Waals surface area contributed by atoms with Crippen LogP contribution in [-0.4, -0.2) is 21.0 Å². The lowest BCUT2D eigenvalue weighted by molar-refractivity contribution is -0.136. The molecular weight excluding hydrogens is 244 g/mol. The van der Waals surface area contributed by atoms with E-state index in [-0.39, 0.29) is 12.4 Å². The number of nitrogen functional groups attached to an aromatic ring is 1. The number of aryl methyl sites for hydroxylation is 1. The van der Waals surface area contributed by atoms with Crippen molar-refractivity contribution in [1.82, 2.24) is 9.97 Å². The fourth-order valence-electron chi connectivity index (χ4n) is 1.58. The van der Waals surface area contributed by atoms with Gasteiger partial charge in [0.2, 0.25) is 5.95 Å². The number of nitrogens with two attached hydrogens (primary N) is 1. The smallest absolute Gasteiger partial charge is 0.303 e. The van der Waals surface area contributed by atoms with Gasteiger partial charge in [-0.2, -0.15) is 0 Å². The van der Waals surface area contributed by atoms with Crippen LogP contribution in [0.2, 0.25) is 0 Å². The molecule has 6 heteroatoms. The van der Waals surface area contributed by atoms with Gasteiger partial charge in [0.1, 0.15) is 0 Å². The molecule has 0 saturated heterocycles. The predicted octanol–water partition coefficient (Wildman–Crippen LogP) is 1.82. The summed E-state index contributed by atoms with van der Waals surface area (Å²) in [5.74, 6) is -0.559. The van der Waals surface area contributed by atoms with E-state index in [1.165, 1.54) is 0 Å². The Balaban J connectivity index is 1.98. The normalized spacial score (nSPS) is 10.1. The molecule has 0 atom stereocenters. The molecule has 0 bridgehead atoms. The molecule has 2 aromatic rings. The third kappa shape index (κ3) is 3.95. The summed E-state index contributed by atoms with van der Waals surface area (Å²) in [6, 6.07) is 7.55. The van der Waals surface area contributed by atoms with E-state index in [1.807, 2.05) is 24.3 Å². The third-order valence-corrected chi connectivity index (χ3v) is 2.54. The van der Waals surface area contributed by atoms with Crippen molar-refractivity contribution in [2.45, 2.75) is 12.8 Å². The average molecular weight is 258 g/mol. The number of hydrogen-bond donors (Lipinski definition) is 3. The van der Waals surface area contributed by atoms with Crippen molar-refractivity contribution in [1.29, 1.82) is 0 Å². The first kappa shape index (κ1) is 12.8. The highest BCUT2D eigenvalue weighted by molar-refractivity contribution is 5.67. The van der Waals surface area contributed by atoms with Crippen LogP contribution in [0.1, 0.15) is 12.0 Å². The second kappa shape index (κ2) is 5.81. The number of hydrogen-bond acceptors (Lipinski definition) is 5. The van der Waals surface area contributed by atoms with Crippen molar-refractivity contribution in [3.63, 3.8) is 0 Å². The first-order valence-electron chi connectivity index (χ1n) is 5.79. The number of carboxylic acid groups (broad SMARTS) is 1. The van der Waals surface area contributed by atoms with Crippen LogP contribution in [0.25, 0.3) is 0 Å². The second-order valence-corrected chi connectivity index (χ2v) is 4.05. The van der Waals surface area contributed by atoms with Gasteiger partial charge in [-0.3, -0.25) is 4.79 Å². The largest absolute Gasteiger partial charge is 0.481 e. The van der Waals surface area contributed by atoms with E-state index in [0.29, 0.717) is 6.42 Å². The molecule has 1 heterocycles. The Bertz CT molecular complexity index is 552. The molecule has 2 rings (SSSR count). The number of nitrogens with zero attached hydrogens (tertiary/aromatic N) is 2. The molecule has 0 unspecified atom stereocenters. The summed E-state index contributed by atoms with van der Waals surface area (Å²) in [7, 11) is 0. The number of aromatic nitrogens is 2. The summed E-state index contributed by atoms with van der Waals surface area (Å²) >= 11 is 0. The monoisotopic (exact) mass is 258 g/mol. The molecule has 0 radical (unpaired) electrons. The highest BCUT2D eigenvalue weighted by Crippen LogP contribution is 2.16. The molecule has 4 N–H and O–H groups in total. The highest BCUT2D eigenvalue weighted by atomic mass is 16.4. The summed E-state index contributed by atoms with van der Waals surface area (Å²) in [6.45, 7) is 0. The van der Waals surface area contributed by atoms with Gasteiger partial charge in [0.15, 0.2) is 0 Å². The van der Waals surface area contributed by atoms with E-state index in [0.717, 1.165) is 16.9 Å². The molecule has 0 amide bonds. The lowest BCUT2D eigenvalue weighted by Crippen LogP contribution is -1.98. The Morgan fingerprint density at radius 3 is 2.37 bits per heavy atom. The van der Waals surface area contributed by atoms with Crippen molar-refractivity contribution in [3.8, 4) is 0 Å². The van der Waals surface area contributed by atoms with Gasteiger partial charge in [0.05, 0.1) is 18.1 Å². The SMILES string of the molecule is Nc1ncc(Nc2ccc(CCC(=O)O)cc2)cn1. The second-order valence-electron chi connectivity index (χ2n) is 4.05. The Morgan fingerprint density at radius 2 is 1.79 bits per heavy atom. The van der Waals surface area contributed by atoms with E-state index < -0.39 is 5.97 Å². The zero-order valence-corrected chi connectivity index (χ0v) is 10.2. The summed E-state index contributed by atoms with van der Waals surface area (Å²) in [5, 5.41) is 11.7. The highest BCUT2D eigenvalue weighted by Gasteiger charge is 2.00. The van der Waals surface area contributed by atoms with Gasteiger partial charge in [-0.15, -0.1) is 0 Å². The van der Waals surface area contributed by atoms with E-state index in [4.69, 9.17) is 10.8 Å². The number of anilines is 3. The van der Waals surface area contributed by atoms with Gasteiger partial charge < -0.3 is 16.2 Å². The number of aliphatic carboxylic acids is 1. The quantitative estimate of drug-likeness (QED) is 0.756. The van der Waals surface area contributed by atoms with E-state index >= 15 is 0 Å². The maximum atomic E-state index is 10.5. The first-order valence-corrected chi connectivity index (χ1v) is 5.79. The topological polar surface area (TPSA) is 101 Å². The Kier molecular flexibility index (Phi) is 3.92. The van der Waals surface area contributed by atoms with Gasteiger partial charge in [-0.05, 0) is 24.1 Å². The lowest BCUT2D eigenvalue weighted by atomic mass is 10.1. The van der Waals surface area contributed by atoms with Crippen LogP contribution >= 0.6 is 0 Å². The maximum absolute atomic E-state index is 10.5. The van der Waals surface area contributed by atoms with Crippen LogP contribution in [-0.2, 0) is 11.2 Å². The predicted molar refractivity (Wildman–Crippen MR) is 72.1 cm³/mol. The molecule has 0 aliphatic heterocycles. The zero-order valence-electron chi connectivity index (χ0n) is 10.2. The molecule has 0 aliphatic rings. The van der Waals surface area contributed by atoms with E-state index in [9.17, 15) is 4.79 Å². The number of nitrogens with one attached hydrogen (secondary N) is 1. The van der Waals surface area contributed by atoms with Crippen molar-refractivity contribution in [2.24, 2.45) is 0 Å². The average Bonchev–Trinajstić information content (AvgIpc) is 2.40. The van der Waals surface area contributed by atoms with Crippen molar-refractivity contribution in [2.75, 3.05) is 11.1 Å². The number of benzene rings is 1. The summed E-state index contributed by atoms with van der Waals surface area (Å²) in [6.07, 6.45) is 3.86. The molecular formula is C13H14N4O2. The molecule has 1 aromatic carbocycles. The first-order chi connectivity index (χ1) is 9.13. The minimum atomic E-state index is -0.791. The molecule has 19 heavy (non-hydrogen) atoms. The van der Waals surface area contributed by atoms with Gasteiger partial charge in [-0.1, -0.05) is 12.1 Å². The molecule has 0 spiro atoms. The summed E-state index contributed by atoms with van der Waals surface area (Å²) in [5.41, 5.74) is 8.01.